The number of rotatable bonds is 3. The number of aryl methyl sites for hydroxylation is 2. The number of likely N-dealkylation sites (tertiary alicyclic amines) is 1. The minimum Gasteiger partial charge on any atom is -0.339 e. The first-order valence-electron chi connectivity index (χ1n) is 10.4. The van der Waals surface area contributed by atoms with Crippen LogP contribution >= 0.6 is 0 Å². The molecule has 0 N–H and O–H groups in total. The molecular weight excluding hydrogens is 395 g/mol. The second-order valence-electron chi connectivity index (χ2n) is 8.23. The average Bonchev–Trinajstić information content (AvgIpc) is 2.74. The van der Waals surface area contributed by atoms with Gasteiger partial charge in [-0.05, 0) is 50.6 Å². The molecule has 2 saturated heterocycles. The number of nitrogens with zero attached hydrogens (tertiary/aromatic N) is 6. The van der Waals surface area contributed by atoms with Crippen LogP contribution in [0, 0.1) is 25.6 Å². The second-order valence-corrected chi connectivity index (χ2v) is 8.23. The number of aromatic nitrogens is 4. The summed E-state index contributed by atoms with van der Waals surface area (Å²) >= 11 is 0. The molecule has 31 heavy (non-hydrogen) atoms. The van der Waals surface area contributed by atoms with E-state index in [4.69, 9.17) is 0 Å². The van der Waals surface area contributed by atoms with Gasteiger partial charge < -0.3 is 9.80 Å². The van der Waals surface area contributed by atoms with Crippen molar-refractivity contribution in [3.05, 3.63) is 65.5 Å². The summed E-state index contributed by atoms with van der Waals surface area (Å²) in [7, 11) is 0. The Morgan fingerprint density at radius 2 is 1.81 bits per heavy atom. The van der Waals surface area contributed by atoms with E-state index in [0.29, 0.717) is 36.0 Å². The SMILES string of the molecule is Cc1cc(C)nc(N2CCC3CN(C(=O)c4ccc(F)cc4-c4ncccn4)C3C2)n1. The monoisotopic (exact) mass is 418 g/mol. The Balaban J connectivity index is 1.40. The van der Waals surface area contributed by atoms with E-state index in [0.717, 1.165) is 30.3 Å². The zero-order chi connectivity index (χ0) is 21.5. The molecule has 2 aliphatic rings. The van der Waals surface area contributed by atoms with Gasteiger partial charge in [-0.25, -0.2) is 24.3 Å². The van der Waals surface area contributed by atoms with Crippen LogP contribution in [0.3, 0.4) is 0 Å². The Bertz CT molecular complexity index is 1120. The molecule has 3 aromatic rings. The van der Waals surface area contributed by atoms with Crippen LogP contribution in [0.1, 0.15) is 28.2 Å². The van der Waals surface area contributed by atoms with E-state index >= 15 is 0 Å². The molecule has 0 spiro atoms. The van der Waals surface area contributed by atoms with Crippen LogP contribution in [0.15, 0.2) is 42.7 Å². The van der Waals surface area contributed by atoms with Gasteiger partial charge in [0.2, 0.25) is 5.95 Å². The van der Waals surface area contributed by atoms with Gasteiger partial charge in [0.05, 0.1) is 11.6 Å². The average molecular weight is 418 g/mol. The van der Waals surface area contributed by atoms with Gasteiger partial charge in [0.1, 0.15) is 5.82 Å². The number of fused-ring (bicyclic) bond motifs is 1. The maximum absolute atomic E-state index is 14.0. The first-order valence-corrected chi connectivity index (χ1v) is 10.4. The van der Waals surface area contributed by atoms with Crippen molar-refractivity contribution in [3.63, 3.8) is 0 Å². The van der Waals surface area contributed by atoms with E-state index in [2.05, 4.69) is 24.8 Å². The van der Waals surface area contributed by atoms with Gasteiger partial charge in [0.15, 0.2) is 5.82 Å². The quantitative estimate of drug-likeness (QED) is 0.651. The molecule has 0 bridgehead atoms. The van der Waals surface area contributed by atoms with Crippen molar-refractivity contribution in [2.75, 3.05) is 24.5 Å². The van der Waals surface area contributed by atoms with Gasteiger partial charge in [-0.15, -0.1) is 0 Å². The highest BCUT2D eigenvalue weighted by Crippen LogP contribution is 2.36. The summed E-state index contributed by atoms with van der Waals surface area (Å²) < 4.78 is 14.0. The Morgan fingerprint density at radius 1 is 1.06 bits per heavy atom. The standard InChI is InChI=1S/C23H23FN6O/c1-14-10-15(2)28-23(27-14)29-9-6-16-12-30(20(16)13-29)22(31)18-5-4-17(24)11-19(18)21-25-7-3-8-26-21/h3-5,7-8,10-11,16,20H,6,9,12-13H2,1-2H3. The lowest BCUT2D eigenvalue weighted by Crippen LogP contribution is -2.66. The molecule has 2 fully saturated rings. The molecule has 158 valence electrons. The summed E-state index contributed by atoms with van der Waals surface area (Å²) in [5, 5.41) is 0. The highest BCUT2D eigenvalue weighted by atomic mass is 19.1. The van der Waals surface area contributed by atoms with Crippen LogP contribution in [0.5, 0.6) is 0 Å². The highest BCUT2D eigenvalue weighted by Gasteiger charge is 2.46. The zero-order valence-corrected chi connectivity index (χ0v) is 17.5. The molecule has 8 heteroatoms. The second kappa shape index (κ2) is 7.68. The lowest BCUT2D eigenvalue weighted by molar-refractivity contribution is 0.00773. The number of amides is 1. The van der Waals surface area contributed by atoms with E-state index in [1.165, 1.54) is 18.2 Å². The zero-order valence-electron chi connectivity index (χ0n) is 17.5. The number of piperidine rings is 1. The third-order valence-corrected chi connectivity index (χ3v) is 6.09. The molecule has 2 aliphatic heterocycles. The number of hydrogen-bond donors (Lipinski definition) is 0. The minimum atomic E-state index is -0.420. The molecular formula is C23H23FN6O. The largest absolute Gasteiger partial charge is 0.339 e. The van der Waals surface area contributed by atoms with E-state index in [1.54, 1.807) is 18.5 Å². The Labute approximate surface area is 180 Å². The fraction of sp³-hybridized carbons (Fsp3) is 0.348. The predicted molar refractivity (Wildman–Crippen MR) is 114 cm³/mol. The van der Waals surface area contributed by atoms with Gasteiger partial charge in [0.25, 0.3) is 5.91 Å². The van der Waals surface area contributed by atoms with Crippen LogP contribution in [0.4, 0.5) is 10.3 Å². The third kappa shape index (κ3) is 3.62. The van der Waals surface area contributed by atoms with Crippen molar-refractivity contribution in [1.29, 1.82) is 0 Å². The highest BCUT2D eigenvalue weighted by molar-refractivity contribution is 6.00. The van der Waals surface area contributed by atoms with E-state index in [1.807, 2.05) is 24.8 Å². The number of anilines is 1. The van der Waals surface area contributed by atoms with Crippen LogP contribution < -0.4 is 4.90 Å². The molecule has 2 atom stereocenters. The number of carbonyl (C=O) groups excluding carboxylic acids is 1. The molecule has 7 nitrogen and oxygen atoms in total. The van der Waals surface area contributed by atoms with E-state index in [9.17, 15) is 9.18 Å². The maximum Gasteiger partial charge on any atom is 0.254 e. The molecule has 0 saturated carbocycles. The van der Waals surface area contributed by atoms with E-state index in [-0.39, 0.29) is 11.9 Å². The summed E-state index contributed by atoms with van der Waals surface area (Å²) in [5.41, 5.74) is 2.71. The summed E-state index contributed by atoms with van der Waals surface area (Å²) in [5.74, 6) is 0.984. The number of carbonyl (C=O) groups is 1. The van der Waals surface area contributed by atoms with Gasteiger partial charge in [-0.1, -0.05) is 0 Å². The Kier molecular flexibility index (Phi) is 4.84. The summed E-state index contributed by atoms with van der Waals surface area (Å²) in [6.07, 6.45) is 4.16. The van der Waals surface area contributed by atoms with Crippen molar-refractivity contribution in [3.8, 4) is 11.4 Å². The van der Waals surface area contributed by atoms with Gasteiger partial charge in [-0.2, -0.15) is 0 Å². The van der Waals surface area contributed by atoms with Crippen molar-refractivity contribution < 1.29 is 9.18 Å². The molecule has 0 aliphatic carbocycles. The molecule has 2 aromatic heterocycles. The van der Waals surface area contributed by atoms with Crippen LogP contribution in [0.25, 0.3) is 11.4 Å². The van der Waals surface area contributed by atoms with Gasteiger partial charge in [-0.3, -0.25) is 4.79 Å². The van der Waals surface area contributed by atoms with Crippen LogP contribution in [-0.4, -0.2) is 56.4 Å². The Morgan fingerprint density at radius 3 is 2.55 bits per heavy atom. The first kappa shape index (κ1) is 19.5. The van der Waals surface area contributed by atoms with Crippen LogP contribution in [-0.2, 0) is 0 Å². The van der Waals surface area contributed by atoms with Crippen LogP contribution in [0.2, 0.25) is 0 Å². The molecule has 1 aromatic carbocycles. The summed E-state index contributed by atoms with van der Waals surface area (Å²) in [6, 6.07) is 7.90. The Hall–Kier alpha value is -3.42. The molecule has 5 rings (SSSR count). The predicted octanol–water partition coefficient (Wildman–Crippen LogP) is 3.04. The maximum atomic E-state index is 14.0. The van der Waals surface area contributed by atoms with E-state index < -0.39 is 5.82 Å². The molecule has 1 amide bonds. The number of benzene rings is 1. The van der Waals surface area contributed by atoms with Crippen molar-refractivity contribution in [2.24, 2.45) is 5.92 Å². The van der Waals surface area contributed by atoms with Crippen molar-refractivity contribution in [2.45, 2.75) is 26.3 Å². The minimum absolute atomic E-state index is 0.0836. The number of halogens is 1. The lowest BCUT2D eigenvalue weighted by atomic mass is 9.81. The summed E-state index contributed by atoms with van der Waals surface area (Å²) in [4.78, 5) is 35.1. The van der Waals surface area contributed by atoms with Crippen molar-refractivity contribution in [1.82, 2.24) is 24.8 Å². The first-order chi connectivity index (χ1) is 15.0. The van der Waals surface area contributed by atoms with Gasteiger partial charge >= 0.3 is 0 Å². The fourth-order valence-electron chi connectivity index (χ4n) is 4.54. The normalized spacial score (nSPS) is 20.2. The molecule has 4 heterocycles. The molecule has 2 unspecified atom stereocenters. The van der Waals surface area contributed by atoms with Gasteiger partial charge in [0, 0.05) is 54.9 Å². The van der Waals surface area contributed by atoms with Crippen molar-refractivity contribution >= 4 is 11.9 Å². The third-order valence-electron chi connectivity index (χ3n) is 6.09. The number of hydrogen-bond acceptors (Lipinski definition) is 6. The topological polar surface area (TPSA) is 75.1 Å². The smallest absolute Gasteiger partial charge is 0.254 e. The fourth-order valence-corrected chi connectivity index (χ4v) is 4.54. The summed E-state index contributed by atoms with van der Waals surface area (Å²) in [6.45, 7) is 6.21. The lowest BCUT2D eigenvalue weighted by Gasteiger charge is -2.53. The molecule has 0 radical (unpaired) electrons.